The molecule has 0 aliphatic carbocycles. The quantitative estimate of drug-likeness (QED) is 0.943. The molecule has 2 N–H and O–H groups in total. The van der Waals surface area contributed by atoms with Crippen molar-refractivity contribution in [3.8, 4) is 11.1 Å². The highest BCUT2D eigenvalue weighted by Gasteiger charge is 2.23. The number of nitrogens with zero attached hydrogens (tertiary/aromatic N) is 3. The molecule has 5 heteroatoms. The fraction of sp³-hybridized carbons (Fsp3) is 0.438. The second-order valence-electron chi connectivity index (χ2n) is 5.44. The first-order chi connectivity index (χ1) is 10.3. The molecule has 1 aromatic heterocycles. The summed E-state index contributed by atoms with van der Waals surface area (Å²) in [6.07, 6.45) is 1.22. The summed E-state index contributed by atoms with van der Waals surface area (Å²) >= 11 is 1.52. The normalized spacial score (nSPS) is 16.3. The van der Waals surface area contributed by atoms with Gasteiger partial charge in [-0.3, -0.25) is 4.90 Å². The number of anilines is 2. The molecule has 3 rings (SSSR count). The average molecular weight is 302 g/mol. The maximum Gasteiger partial charge on any atom is 0.147 e. The van der Waals surface area contributed by atoms with Gasteiger partial charge < -0.3 is 10.6 Å². The number of hydrogen-bond acceptors (Lipinski definition) is 5. The van der Waals surface area contributed by atoms with Crippen molar-refractivity contribution in [2.24, 2.45) is 0 Å². The lowest BCUT2D eigenvalue weighted by Crippen LogP contribution is -2.46. The fourth-order valence-electron chi connectivity index (χ4n) is 2.88. The van der Waals surface area contributed by atoms with E-state index in [-0.39, 0.29) is 0 Å². The van der Waals surface area contributed by atoms with Crippen LogP contribution in [0.4, 0.5) is 10.8 Å². The Balaban J connectivity index is 1.81. The molecule has 112 valence electrons. The minimum Gasteiger partial charge on any atom is -0.382 e. The van der Waals surface area contributed by atoms with Crippen molar-refractivity contribution in [1.29, 1.82) is 0 Å². The molecule has 0 atom stereocenters. The van der Waals surface area contributed by atoms with Crippen LogP contribution in [0.1, 0.15) is 13.3 Å². The van der Waals surface area contributed by atoms with E-state index in [1.165, 1.54) is 29.5 Å². The molecular formula is C16H22N4S. The lowest BCUT2D eigenvalue weighted by molar-refractivity contribution is 0.259. The Labute approximate surface area is 130 Å². The Morgan fingerprint density at radius 2 is 1.86 bits per heavy atom. The van der Waals surface area contributed by atoms with E-state index in [4.69, 9.17) is 5.73 Å². The molecule has 2 heterocycles. The van der Waals surface area contributed by atoms with Crippen LogP contribution in [-0.4, -0.2) is 42.0 Å². The zero-order valence-electron chi connectivity index (χ0n) is 12.5. The first-order valence-electron chi connectivity index (χ1n) is 7.57. The van der Waals surface area contributed by atoms with Crippen LogP contribution in [0.5, 0.6) is 0 Å². The van der Waals surface area contributed by atoms with E-state index < -0.39 is 0 Å². The average Bonchev–Trinajstić information content (AvgIpc) is 2.91. The van der Waals surface area contributed by atoms with E-state index in [1.54, 1.807) is 0 Å². The second kappa shape index (κ2) is 6.45. The van der Waals surface area contributed by atoms with E-state index in [1.807, 2.05) is 6.07 Å². The van der Waals surface area contributed by atoms with Gasteiger partial charge in [0, 0.05) is 26.2 Å². The minimum absolute atomic E-state index is 0.650. The highest BCUT2D eigenvalue weighted by atomic mass is 32.1. The van der Waals surface area contributed by atoms with Crippen molar-refractivity contribution in [3.63, 3.8) is 0 Å². The number of nitrogen functional groups attached to an aromatic ring is 1. The van der Waals surface area contributed by atoms with Crippen LogP contribution >= 0.6 is 11.5 Å². The van der Waals surface area contributed by atoms with Gasteiger partial charge in [0.15, 0.2) is 0 Å². The molecule has 1 aliphatic rings. The lowest BCUT2D eigenvalue weighted by atomic mass is 10.1. The predicted molar refractivity (Wildman–Crippen MR) is 90.9 cm³/mol. The van der Waals surface area contributed by atoms with E-state index in [9.17, 15) is 0 Å². The van der Waals surface area contributed by atoms with Crippen LogP contribution in [0.25, 0.3) is 11.1 Å². The lowest BCUT2D eigenvalue weighted by Gasteiger charge is -2.35. The summed E-state index contributed by atoms with van der Waals surface area (Å²) in [7, 11) is 0. The molecule has 0 saturated carbocycles. The summed E-state index contributed by atoms with van der Waals surface area (Å²) in [5, 5.41) is 1.22. The summed E-state index contributed by atoms with van der Waals surface area (Å²) in [6, 6.07) is 10.3. The molecule has 1 saturated heterocycles. The first-order valence-corrected chi connectivity index (χ1v) is 8.34. The molecule has 1 aliphatic heterocycles. The van der Waals surface area contributed by atoms with Gasteiger partial charge in [0.1, 0.15) is 10.8 Å². The van der Waals surface area contributed by atoms with Crippen molar-refractivity contribution in [2.45, 2.75) is 13.3 Å². The number of nitrogens with two attached hydrogens (primary N) is 1. The Morgan fingerprint density at radius 3 is 2.52 bits per heavy atom. The summed E-state index contributed by atoms with van der Waals surface area (Å²) in [5.41, 5.74) is 8.38. The van der Waals surface area contributed by atoms with E-state index in [0.29, 0.717) is 5.82 Å². The van der Waals surface area contributed by atoms with Crippen molar-refractivity contribution in [2.75, 3.05) is 43.4 Å². The Kier molecular flexibility index (Phi) is 4.41. The van der Waals surface area contributed by atoms with Gasteiger partial charge in [-0.1, -0.05) is 37.3 Å². The molecule has 0 unspecified atom stereocenters. The molecule has 1 fully saturated rings. The van der Waals surface area contributed by atoms with Gasteiger partial charge in [-0.15, -0.1) is 0 Å². The maximum absolute atomic E-state index is 6.12. The third-order valence-corrected chi connectivity index (χ3v) is 4.89. The zero-order valence-corrected chi connectivity index (χ0v) is 13.3. The highest BCUT2D eigenvalue weighted by molar-refractivity contribution is 7.11. The second-order valence-corrected chi connectivity index (χ2v) is 6.19. The topological polar surface area (TPSA) is 45.4 Å². The third kappa shape index (κ3) is 3.04. The first kappa shape index (κ1) is 14.4. The molecule has 0 bridgehead atoms. The van der Waals surface area contributed by atoms with Crippen LogP contribution < -0.4 is 10.6 Å². The molecule has 0 amide bonds. The van der Waals surface area contributed by atoms with E-state index in [0.717, 1.165) is 37.3 Å². The zero-order chi connectivity index (χ0) is 14.7. The molecule has 4 nitrogen and oxygen atoms in total. The van der Waals surface area contributed by atoms with Gasteiger partial charge in [-0.05, 0) is 30.1 Å². The Bertz CT molecular complexity index is 573. The molecule has 1 aromatic carbocycles. The number of piperazine rings is 1. The Morgan fingerprint density at radius 1 is 1.14 bits per heavy atom. The number of hydrogen-bond donors (Lipinski definition) is 1. The van der Waals surface area contributed by atoms with Crippen molar-refractivity contribution in [1.82, 2.24) is 9.27 Å². The van der Waals surface area contributed by atoms with Crippen molar-refractivity contribution < 1.29 is 0 Å². The minimum atomic E-state index is 0.650. The van der Waals surface area contributed by atoms with E-state index in [2.05, 4.69) is 45.4 Å². The SMILES string of the molecule is CCCN1CCN(c2snc(N)c2-c2ccccc2)CC1. The van der Waals surface area contributed by atoms with Crippen molar-refractivity contribution >= 4 is 22.4 Å². The van der Waals surface area contributed by atoms with Gasteiger partial charge >= 0.3 is 0 Å². The van der Waals surface area contributed by atoms with Crippen LogP contribution in [0.15, 0.2) is 30.3 Å². The fourth-order valence-corrected chi connectivity index (χ4v) is 3.76. The van der Waals surface area contributed by atoms with Gasteiger partial charge in [-0.2, -0.15) is 4.37 Å². The molecule has 0 spiro atoms. The molecule has 21 heavy (non-hydrogen) atoms. The molecule has 2 aromatic rings. The standard InChI is InChI=1S/C16H22N4S/c1-2-8-19-9-11-20(12-10-19)16-14(15(17)18-21-16)13-6-4-3-5-7-13/h3-7H,2,8-12H2,1H3,(H2,17,18). The molecular weight excluding hydrogens is 280 g/mol. The van der Waals surface area contributed by atoms with E-state index >= 15 is 0 Å². The summed E-state index contributed by atoms with van der Waals surface area (Å²) in [6.45, 7) is 7.80. The van der Waals surface area contributed by atoms with Crippen molar-refractivity contribution in [3.05, 3.63) is 30.3 Å². The third-order valence-electron chi connectivity index (χ3n) is 3.96. The number of rotatable bonds is 4. The number of aromatic nitrogens is 1. The Hall–Kier alpha value is -1.59. The highest BCUT2D eigenvalue weighted by Crippen LogP contribution is 2.39. The van der Waals surface area contributed by atoms with Gasteiger partial charge in [0.05, 0.1) is 5.56 Å². The molecule has 0 radical (unpaired) electrons. The largest absolute Gasteiger partial charge is 0.382 e. The smallest absolute Gasteiger partial charge is 0.147 e. The predicted octanol–water partition coefficient (Wildman–Crippen LogP) is 2.92. The van der Waals surface area contributed by atoms with Gasteiger partial charge in [0.25, 0.3) is 0 Å². The van der Waals surface area contributed by atoms with Crippen LogP contribution in [0, 0.1) is 0 Å². The summed E-state index contributed by atoms with van der Waals surface area (Å²) in [4.78, 5) is 4.96. The van der Waals surface area contributed by atoms with Crippen LogP contribution in [0.2, 0.25) is 0 Å². The monoisotopic (exact) mass is 302 g/mol. The summed E-state index contributed by atoms with van der Waals surface area (Å²) in [5.74, 6) is 0.650. The number of benzene rings is 1. The van der Waals surface area contributed by atoms with Crippen LogP contribution in [0.3, 0.4) is 0 Å². The maximum atomic E-state index is 6.12. The van der Waals surface area contributed by atoms with Gasteiger partial charge in [-0.25, -0.2) is 0 Å². The summed E-state index contributed by atoms with van der Waals surface area (Å²) < 4.78 is 4.39. The van der Waals surface area contributed by atoms with Gasteiger partial charge in [0.2, 0.25) is 0 Å². The van der Waals surface area contributed by atoms with Crippen LogP contribution in [-0.2, 0) is 0 Å².